The Morgan fingerprint density at radius 1 is 0.446 bits per heavy atom. The van der Waals surface area contributed by atoms with Crippen LogP contribution in [0.1, 0.15) is 141 Å². The van der Waals surface area contributed by atoms with Crippen LogP contribution in [-0.4, -0.2) is 147 Å². The molecule has 0 aromatic rings. The molecule has 0 aliphatic heterocycles. The predicted molar refractivity (Wildman–Crippen MR) is 249 cm³/mol. The molecule has 384 valence electrons. The van der Waals surface area contributed by atoms with Crippen LogP contribution in [0.5, 0.6) is 0 Å². The summed E-state index contributed by atoms with van der Waals surface area (Å²) in [6, 6.07) is 0. The van der Waals surface area contributed by atoms with Crippen molar-refractivity contribution in [2.45, 2.75) is 153 Å². The van der Waals surface area contributed by atoms with Gasteiger partial charge in [-0.3, -0.25) is 9.59 Å². The number of rotatable bonds is 33. The maximum absolute atomic E-state index is 11.8. The van der Waals surface area contributed by atoms with Crippen molar-refractivity contribution in [1.29, 1.82) is 0 Å². The lowest BCUT2D eigenvalue weighted by atomic mass is 9.89. The molecule has 18 nitrogen and oxygen atoms in total. The Labute approximate surface area is 391 Å². The number of ether oxygens (including phenoxy) is 10. The zero-order chi connectivity index (χ0) is 49.6. The third kappa shape index (κ3) is 51.4. The van der Waals surface area contributed by atoms with E-state index in [1.54, 1.807) is 0 Å². The normalized spacial score (nSPS) is 12.3. The monoisotopic (exact) mass is 938 g/mol. The van der Waals surface area contributed by atoms with Gasteiger partial charge in [-0.25, -0.2) is 14.4 Å². The predicted octanol–water partition coefficient (Wildman–Crippen LogP) is 7.77. The minimum absolute atomic E-state index is 0.0513. The topological polar surface area (TPSA) is 214 Å². The van der Waals surface area contributed by atoms with Crippen LogP contribution in [0.2, 0.25) is 0 Å². The lowest BCUT2D eigenvalue weighted by Gasteiger charge is -2.29. The first-order chi connectivity index (χ1) is 30.3. The Balaban J connectivity index is 0. The first-order valence-electron chi connectivity index (χ1n) is 23.3. The van der Waals surface area contributed by atoms with Gasteiger partial charge in [-0.2, -0.15) is 0 Å². The van der Waals surface area contributed by atoms with E-state index >= 15 is 0 Å². The van der Waals surface area contributed by atoms with Crippen LogP contribution >= 0.6 is 0 Å². The average molecular weight is 938 g/mol. The highest BCUT2D eigenvalue weighted by atomic mass is 16.6. The molecule has 18 heteroatoms. The van der Waals surface area contributed by atoms with E-state index in [4.69, 9.17) is 47.4 Å². The smallest absolute Gasteiger partial charge is 0.407 e. The Hall–Kier alpha value is -3.45. The SMILES string of the molecule is CC(=O)OC(CNC(=O)OCCOCCOCCOC(=O)NCCOCCOCCCCCCC(C)(C)C)C(C)(C)C.CC(C)(C)CCOCCCC(=O)OCCOC(=O)NC(C)(C)C. The molecule has 3 amide bonds. The molecule has 0 saturated carbocycles. The first kappa shape index (κ1) is 63.6. The summed E-state index contributed by atoms with van der Waals surface area (Å²) in [7, 11) is 0. The second-order valence-electron chi connectivity index (χ2n) is 20.0. The number of hydrogen-bond acceptors (Lipinski definition) is 15. The summed E-state index contributed by atoms with van der Waals surface area (Å²) in [5.41, 5.74) is 0.00600. The van der Waals surface area contributed by atoms with Gasteiger partial charge in [-0.05, 0) is 57.3 Å². The fourth-order valence-corrected chi connectivity index (χ4v) is 4.98. The maximum atomic E-state index is 11.8. The van der Waals surface area contributed by atoms with Gasteiger partial charge < -0.3 is 63.3 Å². The summed E-state index contributed by atoms with van der Waals surface area (Å²) in [5.74, 6) is -0.708. The average Bonchev–Trinajstić information content (AvgIpc) is 3.17. The number of nitrogens with one attached hydrogen (secondary N) is 3. The summed E-state index contributed by atoms with van der Waals surface area (Å²) in [5, 5.41) is 7.86. The van der Waals surface area contributed by atoms with Gasteiger partial charge in [0, 0.05) is 50.7 Å². The van der Waals surface area contributed by atoms with Crippen molar-refractivity contribution < 1.29 is 71.3 Å². The molecule has 0 rings (SSSR count). The molecule has 0 aromatic heterocycles. The summed E-state index contributed by atoms with van der Waals surface area (Å²) in [4.78, 5) is 57.5. The van der Waals surface area contributed by atoms with Crippen molar-refractivity contribution >= 4 is 30.2 Å². The van der Waals surface area contributed by atoms with Gasteiger partial charge in [0.2, 0.25) is 0 Å². The van der Waals surface area contributed by atoms with Gasteiger partial charge in [0.1, 0.15) is 32.5 Å². The zero-order valence-electron chi connectivity index (χ0n) is 42.7. The van der Waals surface area contributed by atoms with E-state index in [1.165, 1.54) is 32.6 Å². The van der Waals surface area contributed by atoms with Crippen molar-refractivity contribution in [1.82, 2.24) is 16.0 Å². The highest BCUT2D eigenvalue weighted by Gasteiger charge is 2.28. The summed E-state index contributed by atoms with van der Waals surface area (Å²) in [6.07, 6.45) is 5.86. The molecule has 0 radical (unpaired) electrons. The Morgan fingerprint density at radius 2 is 0.892 bits per heavy atom. The Bertz CT molecular complexity index is 1240. The van der Waals surface area contributed by atoms with Gasteiger partial charge in [-0.15, -0.1) is 0 Å². The molecule has 0 bridgehead atoms. The Kier molecular flexibility index (Phi) is 36.8. The molecule has 65 heavy (non-hydrogen) atoms. The summed E-state index contributed by atoms with van der Waals surface area (Å²) in [6.45, 7) is 31.3. The van der Waals surface area contributed by atoms with Crippen molar-refractivity contribution in [3.05, 3.63) is 0 Å². The van der Waals surface area contributed by atoms with Crippen LogP contribution in [0.25, 0.3) is 0 Å². The molecule has 0 aliphatic carbocycles. The molecular weight excluding hydrogens is 847 g/mol. The van der Waals surface area contributed by atoms with Crippen LogP contribution in [0.4, 0.5) is 14.4 Å². The first-order valence-corrected chi connectivity index (χ1v) is 23.3. The molecule has 3 N–H and O–H groups in total. The second-order valence-corrected chi connectivity index (χ2v) is 20.0. The second kappa shape index (κ2) is 37.6. The van der Waals surface area contributed by atoms with Crippen LogP contribution in [0.15, 0.2) is 0 Å². The van der Waals surface area contributed by atoms with Crippen molar-refractivity contribution in [3.8, 4) is 0 Å². The van der Waals surface area contributed by atoms with E-state index in [2.05, 4.69) is 57.5 Å². The molecule has 0 saturated heterocycles. The Morgan fingerprint density at radius 3 is 1.43 bits per heavy atom. The van der Waals surface area contributed by atoms with Gasteiger partial charge in [-0.1, -0.05) is 81.6 Å². The fourth-order valence-electron chi connectivity index (χ4n) is 4.98. The third-order valence-corrected chi connectivity index (χ3v) is 8.58. The lowest BCUT2D eigenvalue weighted by Crippen LogP contribution is -2.42. The van der Waals surface area contributed by atoms with Gasteiger partial charge in [0.05, 0.1) is 52.8 Å². The largest absolute Gasteiger partial charge is 0.462 e. The van der Waals surface area contributed by atoms with E-state index in [-0.39, 0.29) is 68.5 Å². The van der Waals surface area contributed by atoms with Crippen LogP contribution < -0.4 is 16.0 Å². The molecule has 0 spiro atoms. The number of carbonyl (C=O) groups excluding carboxylic acids is 5. The molecule has 0 heterocycles. The lowest BCUT2D eigenvalue weighted by molar-refractivity contribution is -0.151. The van der Waals surface area contributed by atoms with Crippen LogP contribution in [-0.2, 0) is 57.0 Å². The maximum Gasteiger partial charge on any atom is 0.407 e. The van der Waals surface area contributed by atoms with Crippen molar-refractivity contribution in [2.24, 2.45) is 16.2 Å². The van der Waals surface area contributed by atoms with Gasteiger partial charge >= 0.3 is 30.2 Å². The van der Waals surface area contributed by atoms with Gasteiger partial charge in [0.15, 0.2) is 0 Å². The van der Waals surface area contributed by atoms with Crippen molar-refractivity contribution in [3.63, 3.8) is 0 Å². The fraction of sp³-hybridized carbons (Fsp3) is 0.894. The van der Waals surface area contributed by atoms with Crippen molar-refractivity contribution in [2.75, 3.05) is 106 Å². The summed E-state index contributed by atoms with van der Waals surface area (Å²) >= 11 is 0. The van der Waals surface area contributed by atoms with Crippen LogP contribution in [0, 0.1) is 16.2 Å². The third-order valence-electron chi connectivity index (χ3n) is 8.58. The minimum Gasteiger partial charge on any atom is -0.462 e. The van der Waals surface area contributed by atoms with E-state index in [0.29, 0.717) is 71.0 Å². The number of carbonyl (C=O) groups is 5. The van der Waals surface area contributed by atoms with Crippen LogP contribution in [0.3, 0.4) is 0 Å². The number of alkyl carbamates (subject to hydrolysis) is 3. The van der Waals surface area contributed by atoms with E-state index in [0.717, 1.165) is 19.4 Å². The highest BCUT2D eigenvalue weighted by molar-refractivity contribution is 5.70. The molecule has 0 aromatic carbocycles. The van der Waals surface area contributed by atoms with E-state index < -0.39 is 30.4 Å². The number of amides is 3. The minimum atomic E-state index is -0.615. The molecule has 0 fully saturated rings. The molecule has 0 aliphatic rings. The highest BCUT2D eigenvalue weighted by Crippen LogP contribution is 2.23. The summed E-state index contributed by atoms with van der Waals surface area (Å²) < 4.78 is 52.4. The molecule has 1 unspecified atom stereocenters. The number of unbranched alkanes of at least 4 members (excludes halogenated alkanes) is 3. The van der Waals surface area contributed by atoms with E-state index in [1.807, 2.05) is 41.5 Å². The zero-order valence-corrected chi connectivity index (χ0v) is 42.7. The van der Waals surface area contributed by atoms with Gasteiger partial charge in [0.25, 0.3) is 0 Å². The molecular formula is C47H91N3O15. The standard InChI is InChI=1S/C30H58N2O10.C17H33NO5/c1-25(33)42-26(30(5,6)7)24-32-28(35)41-23-21-39-19-18-38-20-22-40-27(34)31-13-15-37-17-16-36-14-11-9-8-10-12-29(2,3)4;1-16(2,3)9-11-21-10-7-8-14(19)22-12-13-23-15(20)18-17(4,5)6/h26H,8-24H2,1-7H3,(H,31,34)(H,32,35);7-13H2,1-6H3,(H,18,20). The number of hydrogen-bond donors (Lipinski definition) is 3. The molecule has 1 atom stereocenters. The number of esters is 2. The van der Waals surface area contributed by atoms with E-state index in [9.17, 15) is 24.0 Å². The quantitative estimate of drug-likeness (QED) is 0.0326.